The van der Waals surface area contributed by atoms with E-state index >= 15 is 0 Å². The first-order valence-corrected chi connectivity index (χ1v) is 3.55. The van der Waals surface area contributed by atoms with Crippen LogP contribution in [-0.2, 0) is 4.79 Å². The van der Waals surface area contributed by atoms with Gasteiger partial charge in [-0.25, -0.2) is 4.79 Å². The predicted molar refractivity (Wildman–Crippen MR) is 42.2 cm³/mol. The lowest BCUT2D eigenvalue weighted by Crippen LogP contribution is -2.44. The van der Waals surface area contributed by atoms with Crippen LogP contribution in [0.15, 0.2) is 0 Å². The van der Waals surface area contributed by atoms with Crippen molar-refractivity contribution in [2.24, 2.45) is 11.5 Å². The third kappa shape index (κ3) is 6.81. The van der Waals surface area contributed by atoms with Gasteiger partial charge in [0.15, 0.2) is 0 Å². The van der Waals surface area contributed by atoms with Gasteiger partial charge in [0.1, 0.15) is 0 Å². The minimum absolute atomic E-state index is 0.0497. The molecule has 0 aromatic carbocycles. The summed E-state index contributed by atoms with van der Waals surface area (Å²) >= 11 is 0. The SMILES string of the molecule is NC(=O)NC(N)CCCC(=O)O. The van der Waals surface area contributed by atoms with Crippen LogP contribution in [0.5, 0.6) is 0 Å². The summed E-state index contributed by atoms with van der Waals surface area (Å²) in [7, 11) is 0. The van der Waals surface area contributed by atoms with Crippen molar-refractivity contribution >= 4 is 12.0 Å². The van der Waals surface area contributed by atoms with Gasteiger partial charge in [-0.05, 0) is 12.8 Å². The van der Waals surface area contributed by atoms with E-state index < -0.39 is 18.2 Å². The molecule has 0 aliphatic rings. The fraction of sp³-hybridized carbons (Fsp3) is 0.667. The number of primary amides is 1. The summed E-state index contributed by atoms with van der Waals surface area (Å²) < 4.78 is 0. The molecule has 6 heteroatoms. The van der Waals surface area contributed by atoms with Crippen LogP contribution in [-0.4, -0.2) is 23.3 Å². The topological polar surface area (TPSA) is 118 Å². The molecule has 1 atom stereocenters. The molecule has 70 valence electrons. The molecule has 0 aliphatic carbocycles. The quantitative estimate of drug-likeness (QED) is 0.409. The number of aliphatic carboxylic acids is 1. The molecule has 0 heterocycles. The third-order valence-corrected chi connectivity index (χ3v) is 1.23. The Kier molecular flexibility index (Phi) is 4.78. The lowest BCUT2D eigenvalue weighted by molar-refractivity contribution is -0.137. The molecule has 0 saturated heterocycles. The first-order valence-electron chi connectivity index (χ1n) is 3.55. The Morgan fingerprint density at radius 1 is 1.50 bits per heavy atom. The highest BCUT2D eigenvalue weighted by molar-refractivity contribution is 5.71. The van der Waals surface area contributed by atoms with Gasteiger partial charge in [0.2, 0.25) is 0 Å². The molecular formula is C6H13N3O3. The van der Waals surface area contributed by atoms with E-state index in [4.69, 9.17) is 16.6 Å². The lowest BCUT2D eigenvalue weighted by Gasteiger charge is -2.10. The molecule has 0 bridgehead atoms. The van der Waals surface area contributed by atoms with Crippen molar-refractivity contribution in [3.63, 3.8) is 0 Å². The molecule has 1 unspecified atom stereocenters. The van der Waals surface area contributed by atoms with E-state index in [1.165, 1.54) is 0 Å². The first kappa shape index (κ1) is 10.7. The summed E-state index contributed by atoms with van der Waals surface area (Å²) in [5, 5.41) is 10.5. The maximum Gasteiger partial charge on any atom is 0.313 e. The molecule has 0 rings (SSSR count). The van der Waals surface area contributed by atoms with E-state index in [2.05, 4.69) is 5.32 Å². The van der Waals surface area contributed by atoms with Gasteiger partial charge in [0.25, 0.3) is 0 Å². The zero-order valence-electron chi connectivity index (χ0n) is 6.62. The number of urea groups is 1. The van der Waals surface area contributed by atoms with E-state index in [-0.39, 0.29) is 6.42 Å². The van der Waals surface area contributed by atoms with Gasteiger partial charge in [-0.3, -0.25) is 4.79 Å². The van der Waals surface area contributed by atoms with E-state index in [9.17, 15) is 9.59 Å². The monoisotopic (exact) mass is 175 g/mol. The highest BCUT2D eigenvalue weighted by Crippen LogP contribution is 1.96. The number of amides is 2. The Morgan fingerprint density at radius 3 is 2.50 bits per heavy atom. The number of nitrogens with two attached hydrogens (primary N) is 2. The molecule has 0 aromatic heterocycles. The minimum atomic E-state index is -0.874. The molecule has 0 aromatic rings. The Bertz CT molecular complexity index is 171. The molecule has 0 saturated carbocycles. The van der Waals surface area contributed by atoms with Crippen molar-refractivity contribution in [1.29, 1.82) is 0 Å². The zero-order chi connectivity index (χ0) is 9.56. The molecule has 0 fully saturated rings. The van der Waals surface area contributed by atoms with Gasteiger partial charge in [0, 0.05) is 6.42 Å². The smallest absolute Gasteiger partial charge is 0.313 e. The van der Waals surface area contributed by atoms with Crippen LogP contribution >= 0.6 is 0 Å². The number of nitrogens with one attached hydrogen (secondary N) is 1. The van der Waals surface area contributed by atoms with Crippen molar-refractivity contribution in [3.05, 3.63) is 0 Å². The molecule has 12 heavy (non-hydrogen) atoms. The number of rotatable bonds is 5. The van der Waals surface area contributed by atoms with Crippen molar-refractivity contribution in [1.82, 2.24) is 5.32 Å². The number of carbonyl (C=O) groups excluding carboxylic acids is 1. The van der Waals surface area contributed by atoms with Gasteiger partial charge >= 0.3 is 12.0 Å². The average Bonchev–Trinajstić information content (AvgIpc) is 1.84. The van der Waals surface area contributed by atoms with Crippen LogP contribution in [0.25, 0.3) is 0 Å². The van der Waals surface area contributed by atoms with Gasteiger partial charge in [-0.15, -0.1) is 0 Å². The van der Waals surface area contributed by atoms with Gasteiger partial charge in [-0.2, -0.15) is 0 Å². The van der Waals surface area contributed by atoms with Crippen LogP contribution in [0, 0.1) is 0 Å². The third-order valence-electron chi connectivity index (χ3n) is 1.23. The van der Waals surface area contributed by atoms with Crippen molar-refractivity contribution < 1.29 is 14.7 Å². The van der Waals surface area contributed by atoms with E-state index in [0.717, 1.165) is 0 Å². The zero-order valence-corrected chi connectivity index (χ0v) is 6.62. The van der Waals surface area contributed by atoms with Crippen molar-refractivity contribution in [2.75, 3.05) is 0 Å². The Labute approximate surface area is 69.9 Å². The van der Waals surface area contributed by atoms with Crippen LogP contribution in [0.2, 0.25) is 0 Å². The fourth-order valence-corrected chi connectivity index (χ4v) is 0.728. The second-order valence-corrected chi connectivity index (χ2v) is 2.40. The van der Waals surface area contributed by atoms with Gasteiger partial charge < -0.3 is 21.9 Å². The molecule has 0 aliphatic heterocycles. The number of carboxylic acids is 1. The van der Waals surface area contributed by atoms with Crippen LogP contribution in [0.3, 0.4) is 0 Å². The summed E-state index contributed by atoms with van der Waals surface area (Å²) in [5.41, 5.74) is 10.1. The lowest BCUT2D eigenvalue weighted by atomic mass is 10.2. The van der Waals surface area contributed by atoms with Crippen LogP contribution < -0.4 is 16.8 Å². The number of hydrogen-bond donors (Lipinski definition) is 4. The van der Waals surface area contributed by atoms with Crippen molar-refractivity contribution in [2.45, 2.75) is 25.4 Å². The maximum atomic E-state index is 10.2. The minimum Gasteiger partial charge on any atom is -0.481 e. The molecule has 6 nitrogen and oxygen atoms in total. The Morgan fingerprint density at radius 2 is 2.08 bits per heavy atom. The Balaban J connectivity index is 3.37. The van der Waals surface area contributed by atoms with E-state index in [1.807, 2.05) is 0 Å². The molecule has 0 spiro atoms. The standard InChI is InChI=1S/C6H13N3O3/c7-4(9-6(8)12)2-1-3-5(10)11/h4H,1-3,7H2,(H,10,11)(H3,8,9,12). The van der Waals surface area contributed by atoms with Gasteiger partial charge in [0.05, 0.1) is 6.17 Å². The summed E-state index contributed by atoms with van der Waals surface area (Å²) in [5.74, 6) is -0.874. The van der Waals surface area contributed by atoms with E-state index in [0.29, 0.717) is 12.8 Å². The maximum absolute atomic E-state index is 10.2. The van der Waals surface area contributed by atoms with Crippen molar-refractivity contribution in [3.8, 4) is 0 Å². The fourth-order valence-electron chi connectivity index (χ4n) is 0.728. The largest absolute Gasteiger partial charge is 0.481 e. The summed E-state index contributed by atoms with van der Waals surface area (Å²) in [6.07, 6.45) is 0.335. The summed E-state index contributed by atoms with van der Waals surface area (Å²) in [6, 6.07) is -0.696. The van der Waals surface area contributed by atoms with Crippen LogP contribution in [0.4, 0.5) is 4.79 Å². The molecular weight excluding hydrogens is 162 g/mol. The average molecular weight is 175 g/mol. The Hall–Kier alpha value is -1.30. The highest BCUT2D eigenvalue weighted by atomic mass is 16.4. The van der Waals surface area contributed by atoms with Gasteiger partial charge in [-0.1, -0.05) is 0 Å². The predicted octanol–water partition coefficient (Wildman–Crippen LogP) is -0.806. The highest BCUT2D eigenvalue weighted by Gasteiger charge is 2.04. The summed E-state index contributed by atoms with van der Waals surface area (Å²) in [6.45, 7) is 0. The molecule has 0 radical (unpaired) electrons. The molecule has 2 amide bonds. The first-order chi connectivity index (χ1) is 5.52. The second kappa shape index (κ2) is 5.36. The normalized spacial score (nSPS) is 12.1. The number of hydrogen-bond acceptors (Lipinski definition) is 3. The second-order valence-electron chi connectivity index (χ2n) is 2.40. The number of carboxylic acid groups (broad SMARTS) is 1. The summed E-state index contributed by atoms with van der Waals surface area (Å²) in [4.78, 5) is 20.3. The molecule has 6 N–H and O–H groups in total. The van der Waals surface area contributed by atoms with E-state index in [1.54, 1.807) is 0 Å². The van der Waals surface area contributed by atoms with Crippen LogP contribution in [0.1, 0.15) is 19.3 Å². The number of carbonyl (C=O) groups is 2.